The molecule has 0 amide bonds. The van der Waals surface area contributed by atoms with E-state index in [2.05, 4.69) is 0 Å². The van der Waals surface area contributed by atoms with E-state index in [-0.39, 0.29) is 51.4 Å². The summed E-state index contributed by atoms with van der Waals surface area (Å²) in [6.07, 6.45) is 5.92. The van der Waals surface area contributed by atoms with Gasteiger partial charge in [-0.05, 0) is 19.3 Å². The molecule has 2 heteroatoms. The van der Waals surface area contributed by atoms with Crippen LogP contribution in [0.5, 0.6) is 0 Å². The van der Waals surface area contributed by atoms with Crippen LogP contribution in [0.3, 0.4) is 0 Å². The molecule has 0 spiro atoms. The van der Waals surface area contributed by atoms with E-state index in [1.165, 1.54) is 6.42 Å². The number of allylic oxidation sites excluding steroid dienone is 2. The molecule has 0 saturated heterocycles. The van der Waals surface area contributed by atoms with E-state index in [0.717, 1.165) is 19.3 Å². The molecule has 0 unspecified atom stereocenters. The molecule has 0 radical (unpaired) electrons. The van der Waals surface area contributed by atoms with Gasteiger partial charge in [-0.2, -0.15) is 0 Å². The van der Waals surface area contributed by atoms with Crippen molar-refractivity contribution in [2.75, 3.05) is 0 Å². The maximum Gasteiger partial charge on any atom is 1.00 e. The molecule has 1 nitrogen and oxygen atoms in total. The van der Waals surface area contributed by atoms with E-state index < -0.39 is 0 Å². The summed E-state index contributed by atoms with van der Waals surface area (Å²) in [6.45, 7) is 0. The van der Waals surface area contributed by atoms with E-state index in [4.69, 9.17) is 0 Å². The van der Waals surface area contributed by atoms with Gasteiger partial charge >= 0.3 is 51.4 Å². The van der Waals surface area contributed by atoms with E-state index in [0.29, 0.717) is 5.76 Å². The topological polar surface area (TPSA) is 23.1 Å². The zero-order valence-corrected chi connectivity index (χ0v) is 8.44. The third-order valence-electron chi connectivity index (χ3n) is 1.25. The molecule has 0 bridgehead atoms. The molecular weight excluding hydrogens is 127 g/mol. The first kappa shape index (κ1) is 9.18. The van der Waals surface area contributed by atoms with Crippen LogP contribution in [0.1, 0.15) is 25.7 Å². The van der Waals surface area contributed by atoms with Crippen LogP contribution in [0.4, 0.5) is 0 Å². The second kappa shape index (κ2) is 5.00. The molecule has 8 heavy (non-hydrogen) atoms. The van der Waals surface area contributed by atoms with Gasteiger partial charge in [-0.3, -0.25) is 0 Å². The second-order valence-electron chi connectivity index (χ2n) is 1.92. The molecule has 40 valence electrons. The molecular formula is C6H9KO. The van der Waals surface area contributed by atoms with Gasteiger partial charge in [0.2, 0.25) is 0 Å². The normalized spacial score (nSPS) is 18.8. The van der Waals surface area contributed by atoms with Gasteiger partial charge in [0.15, 0.2) is 0 Å². The summed E-state index contributed by atoms with van der Waals surface area (Å²) in [6, 6.07) is 0. The fourth-order valence-electron chi connectivity index (χ4n) is 0.809. The van der Waals surface area contributed by atoms with Crippen LogP contribution in [0.25, 0.3) is 0 Å². The van der Waals surface area contributed by atoms with E-state index >= 15 is 0 Å². The van der Waals surface area contributed by atoms with Crippen molar-refractivity contribution in [2.45, 2.75) is 25.7 Å². The zero-order valence-electron chi connectivity index (χ0n) is 5.31. The average Bonchev–Trinajstić information content (AvgIpc) is 1.69. The maximum absolute atomic E-state index is 10.4. The van der Waals surface area contributed by atoms with Crippen LogP contribution in [0, 0.1) is 0 Å². The minimum atomic E-state index is 0. The molecule has 0 fully saturated rings. The smallest absolute Gasteiger partial charge is 0.876 e. The SMILES string of the molecule is [K+].[O-]C1=CCCCC1. The molecule has 0 aromatic carbocycles. The Hall–Kier alpha value is 1.18. The van der Waals surface area contributed by atoms with Crippen molar-refractivity contribution < 1.29 is 56.5 Å². The summed E-state index contributed by atoms with van der Waals surface area (Å²) < 4.78 is 0. The Morgan fingerprint density at radius 3 is 2.38 bits per heavy atom. The molecule has 1 rings (SSSR count). The minimum absolute atomic E-state index is 0. The Balaban J connectivity index is 0.000000490. The summed E-state index contributed by atoms with van der Waals surface area (Å²) in [5.41, 5.74) is 0. The Labute approximate surface area is 92.6 Å². The summed E-state index contributed by atoms with van der Waals surface area (Å²) in [5, 5.41) is 10.4. The van der Waals surface area contributed by atoms with Crippen molar-refractivity contribution in [1.29, 1.82) is 0 Å². The standard InChI is InChI=1S/C6H10O.K/c7-6-4-2-1-3-5-6;/h4,7H,1-3,5H2;/q;+1/p-1. The summed E-state index contributed by atoms with van der Waals surface area (Å²) in [7, 11) is 0. The van der Waals surface area contributed by atoms with Crippen molar-refractivity contribution in [3.05, 3.63) is 11.8 Å². The van der Waals surface area contributed by atoms with Crippen molar-refractivity contribution in [3.8, 4) is 0 Å². The summed E-state index contributed by atoms with van der Waals surface area (Å²) >= 11 is 0. The first-order valence-electron chi connectivity index (χ1n) is 2.75. The molecule has 0 aliphatic heterocycles. The minimum Gasteiger partial charge on any atom is -0.876 e. The predicted octanol–water partition coefficient (Wildman–Crippen LogP) is -2.19. The van der Waals surface area contributed by atoms with Gasteiger partial charge in [-0.25, -0.2) is 0 Å². The first-order valence-corrected chi connectivity index (χ1v) is 2.75. The molecule has 1 aliphatic rings. The average molecular weight is 136 g/mol. The van der Waals surface area contributed by atoms with Gasteiger partial charge < -0.3 is 5.11 Å². The number of rotatable bonds is 0. The van der Waals surface area contributed by atoms with Crippen LogP contribution in [-0.2, 0) is 0 Å². The Bertz CT molecular complexity index is 88.5. The Kier molecular flexibility index (Phi) is 5.74. The third kappa shape index (κ3) is 3.25. The van der Waals surface area contributed by atoms with Crippen molar-refractivity contribution in [2.24, 2.45) is 0 Å². The largest absolute Gasteiger partial charge is 1.00 e. The van der Waals surface area contributed by atoms with Crippen LogP contribution in [0.2, 0.25) is 0 Å². The van der Waals surface area contributed by atoms with E-state index in [1.807, 2.05) is 0 Å². The Morgan fingerprint density at radius 1 is 1.38 bits per heavy atom. The third-order valence-corrected chi connectivity index (χ3v) is 1.25. The van der Waals surface area contributed by atoms with Crippen molar-refractivity contribution in [1.82, 2.24) is 0 Å². The molecule has 0 saturated carbocycles. The van der Waals surface area contributed by atoms with Crippen LogP contribution in [0.15, 0.2) is 11.8 Å². The fraction of sp³-hybridized carbons (Fsp3) is 0.667. The van der Waals surface area contributed by atoms with Crippen molar-refractivity contribution >= 4 is 0 Å². The second-order valence-corrected chi connectivity index (χ2v) is 1.92. The fourth-order valence-corrected chi connectivity index (χ4v) is 0.809. The van der Waals surface area contributed by atoms with E-state index in [1.54, 1.807) is 6.08 Å². The van der Waals surface area contributed by atoms with Gasteiger partial charge in [-0.1, -0.05) is 12.5 Å². The molecule has 0 N–H and O–H groups in total. The van der Waals surface area contributed by atoms with Crippen LogP contribution >= 0.6 is 0 Å². The first-order chi connectivity index (χ1) is 3.39. The van der Waals surface area contributed by atoms with Gasteiger partial charge in [0, 0.05) is 0 Å². The molecule has 0 atom stereocenters. The van der Waals surface area contributed by atoms with Gasteiger partial charge in [-0.15, -0.1) is 5.76 Å². The monoisotopic (exact) mass is 136 g/mol. The number of hydrogen-bond acceptors (Lipinski definition) is 1. The van der Waals surface area contributed by atoms with Gasteiger partial charge in [0.05, 0.1) is 0 Å². The zero-order chi connectivity index (χ0) is 5.11. The molecule has 1 aliphatic carbocycles. The predicted molar refractivity (Wildman–Crippen MR) is 26.6 cm³/mol. The van der Waals surface area contributed by atoms with Crippen molar-refractivity contribution in [3.63, 3.8) is 0 Å². The quantitative estimate of drug-likeness (QED) is 0.347. The summed E-state index contributed by atoms with van der Waals surface area (Å²) in [4.78, 5) is 0. The number of hydrogen-bond donors (Lipinski definition) is 0. The molecule has 0 aromatic heterocycles. The summed E-state index contributed by atoms with van der Waals surface area (Å²) in [5.74, 6) is 0.339. The Morgan fingerprint density at radius 2 is 2.12 bits per heavy atom. The van der Waals surface area contributed by atoms with Crippen LogP contribution in [-0.4, -0.2) is 0 Å². The van der Waals surface area contributed by atoms with Gasteiger partial charge in [0.1, 0.15) is 0 Å². The molecule has 0 heterocycles. The van der Waals surface area contributed by atoms with Crippen LogP contribution < -0.4 is 56.5 Å². The molecule has 0 aromatic rings. The maximum atomic E-state index is 10.4. The van der Waals surface area contributed by atoms with Gasteiger partial charge in [0.25, 0.3) is 0 Å². The van der Waals surface area contributed by atoms with E-state index in [9.17, 15) is 5.11 Å².